The Morgan fingerprint density at radius 2 is 1.70 bits per heavy atom. The number of nitrogens with zero attached hydrogens (tertiary/aromatic N) is 1. The van der Waals surface area contributed by atoms with Crippen molar-refractivity contribution in [2.75, 3.05) is 0 Å². The molecule has 27 heavy (non-hydrogen) atoms. The third-order valence-corrected chi connectivity index (χ3v) is 4.43. The smallest absolute Gasteiger partial charge is 0.290 e. The standard InChI is InChI=1S/C22H18N2O3/c25-21-18(13-17-9-4-5-10-19(17)23-21)15-24(14-16-7-2-1-3-8-16)22(26)20-11-6-12-27-20/h1-13H,14-15H2,(H,23,25). The first kappa shape index (κ1) is 16.8. The van der Waals surface area contributed by atoms with Crippen molar-refractivity contribution in [2.45, 2.75) is 13.1 Å². The predicted octanol–water partition coefficient (Wildman–Crippen LogP) is 3.96. The van der Waals surface area contributed by atoms with E-state index < -0.39 is 0 Å². The summed E-state index contributed by atoms with van der Waals surface area (Å²) in [6, 6.07) is 22.4. The third kappa shape index (κ3) is 3.67. The van der Waals surface area contributed by atoms with Gasteiger partial charge in [0.25, 0.3) is 11.5 Å². The van der Waals surface area contributed by atoms with Gasteiger partial charge in [0.05, 0.1) is 12.8 Å². The van der Waals surface area contributed by atoms with Gasteiger partial charge < -0.3 is 14.3 Å². The minimum Gasteiger partial charge on any atom is -0.459 e. The maximum atomic E-state index is 12.9. The zero-order valence-corrected chi connectivity index (χ0v) is 14.6. The molecule has 0 spiro atoms. The van der Waals surface area contributed by atoms with Crippen LogP contribution in [-0.2, 0) is 13.1 Å². The second-order valence-corrected chi connectivity index (χ2v) is 6.34. The second-order valence-electron chi connectivity index (χ2n) is 6.34. The van der Waals surface area contributed by atoms with Gasteiger partial charge in [-0.1, -0.05) is 48.5 Å². The van der Waals surface area contributed by atoms with Crippen molar-refractivity contribution >= 4 is 16.8 Å². The van der Waals surface area contributed by atoms with E-state index in [-0.39, 0.29) is 23.8 Å². The number of para-hydroxylation sites is 1. The molecule has 2 aromatic carbocycles. The molecule has 0 bridgehead atoms. The summed E-state index contributed by atoms with van der Waals surface area (Å²) in [6.07, 6.45) is 1.47. The highest BCUT2D eigenvalue weighted by Crippen LogP contribution is 2.16. The molecule has 5 heteroatoms. The fourth-order valence-corrected chi connectivity index (χ4v) is 3.08. The number of pyridine rings is 1. The molecular formula is C22H18N2O3. The molecule has 0 atom stereocenters. The Kier molecular flexibility index (Phi) is 4.58. The zero-order valence-electron chi connectivity index (χ0n) is 14.6. The van der Waals surface area contributed by atoms with Gasteiger partial charge in [-0.05, 0) is 35.2 Å². The van der Waals surface area contributed by atoms with E-state index >= 15 is 0 Å². The molecule has 4 rings (SSSR count). The number of carbonyl (C=O) groups excluding carboxylic acids is 1. The first-order valence-corrected chi connectivity index (χ1v) is 8.68. The summed E-state index contributed by atoms with van der Waals surface area (Å²) < 4.78 is 5.27. The van der Waals surface area contributed by atoms with Gasteiger partial charge in [0, 0.05) is 17.6 Å². The number of aromatic nitrogens is 1. The fraction of sp³-hybridized carbons (Fsp3) is 0.0909. The summed E-state index contributed by atoms with van der Waals surface area (Å²) in [5.74, 6) is -0.000407. The number of rotatable bonds is 5. The average molecular weight is 358 g/mol. The molecule has 4 aromatic rings. The van der Waals surface area contributed by atoms with Gasteiger partial charge in [-0.25, -0.2) is 0 Å². The normalized spacial score (nSPS) is 10.8. The molecule has 134 valence electrons. The molecule has 2 aromatic heterocycles. The maximum Gasteiger partial charge on any atom is 0.290 e. The van der Waals surface area contributed by atoms with Crippen LogP contribution in [0.15, 0.2) is 88.3 Å². The number of nitrogens with one attached hydrogen (secondary N) is 1. The highest BCUT2D eigenvalue weighted by atomic mass is 16.3. The number of benzene rings is 2. The van der Waals surface area contributed by atoms with Crippen molar-refractivity contribution in [3.63, 3.8) is 0 Å². The van der Waals surface area contributed by atoms with Crippen LogP contribution in [0.25, 0.3) is 10.9 Å². The van der Waals surface area contributed by atoms with Crippen LogP contribution < -0.4 is 5.56 Å². The first-order valence-electron chi connectivity index (χ1n) is 8.68. The van der Waals surface area contributed by atoms with E-state index in [0.29, 0.717) is 12.1 Å². The first-order chi connectivity index (χ1) is 13.2. The van der Waals surface area contributed by atoms with Crippen LogP contribution in [0.2, 0.25) is 0 Å². The molecule has 0 saturated heterocycles. The summed E-state index contributed by atoms with van der Waals surface area (Å²) in [5, 5.41) is 0.928. The van der Waals surface area contributed by atoms with Crippen molar-refractivity contribution in [3.05, 3.63) is 106 Å². The number of H-pyrrole nitrogens is 1. The summed E-state index contributed by atoms with van der Waals surface area (Å²) in [5.41, 5.74) is 2.09. The highest BCUT2D eigenvalue weighted by Gasteiger charge is 2.20. The highest BCUT2D eigenvalue weighted by molar-refractivity contribution is 5.91. The Hall–Kier alpha value is -3.60. The predicted molar refractivity (Wildman–Crippen MR) is 103 cm³/mol. The molecule has 0 unspecified atom stereocenters. The molecule has 0 fully saturated rings. The minimum absolute atomic E-state index is 0.189. The van der Waals surface area contributed by atoms with E-state index in [1.54, 1.807) is 17.0 Å². The van der Waals surface area contributed by atoms with E-state index in [9.17, 15) is 9.59 Å². The molecule has 5 nitrogen and oxygen atoms in total. The summed E-state index contributed by atoms with van der Waals surface area (Å²) in [6.45, 7) is 0.571. The van der Waals surface area contributed by atoms with E-state index in [2.05, 4.69) is 4.98 Å². The summed E-state index contributed by atoms with van der Waals surface area (Å²) in [7, 11) is 0. The van der Waals surface area contributed by atoms with Gasteiger partial charge in [-0.15, -0.1) is 0 Å². The second kappa shape index (κ2) is 7.33. The van der Waals surface area contributed by atoms with Crippen LogP contribution in [0.5, 0.6) is 0 Å². The number of carbonyl (C=O) groups is 1. The van der Waals surface area contributed by atoms with Crippen LogP contribution in [0.1, 0.15) is 21.7 Å². The van der Waals surface area contributed by atoms with Crippen molar-refractivity contribution in [1.29, 1.82) is 0 Å². The lowest BCUT2D eigenvalue weighted by molar-refractivity contribution is 0.0697. The van der Waals surface area contributed by atoms with E-state index in [1.807, 2.05) is 60.7 Å². The molecule has 0 aliphatic heterocycles. The maximum absolute atomic E-state index is 12.9. The zero-order chi connectivity index (χ0) is 18.6. The van der Waals surface area contributed by atoms with Crippen LogP contribution in [0.3, 0.4) is 0 Å². The van der Waals surface area contributed by atoms with Gasteiger partial charge in [0.2, 0.25) is 0 Å². The molecule has 0 aliphatic carbocycles. The monoisotopic (exact) mass is 358 g/mol. The Morgan fingerprint density at radius 3 is 2.48 bits per heavy atom. The molecule has 0 saturated carbocycles. The van der Waals surface area contributed by atoms with Crippen LogP contribution >= 0.6 is 0 Å². The quantitative estimate of drug-likeness (QED) is 0.587. The lowest BCUT2D eigenvalue weighted by Gasteiger charge is -2.22. The molecular weight excluding hydrogens is 340 g/mol. The number of fused-ring (bicyclic) bond motifs is 1. The fourth-order valence-electron chi connectivity index (χ4n) is 3.08. The molecule has 1 N–H and O–H groups in total. The minimum atomic E-state index is -0.253. The van der Waals surface area contributed by atoms with Gasteiger partial charge in [0.1, 0.15) is 0 Å². The Bertz CT molecular complexity index is 1120. The number of hydrogen-bond donors (Lipinski definition) is 1. The van der Waals surface area contributed by atoms with E-state index in [0.717, 1.165) is 16.5 Å². The third-order valence-electron chi connectivity index (χ3n) is 4.43. The Morgan fingerprint density at radius 1 is 0.926 bits per heavy atom. The number of furan rings is 1. The van der Waals surface area contributed by atoms with Gasteiger partial charge >= 0.3 is 0 Å². The van der Waals surface area contributed by atoms with E-state index in [4.69, 9.17) is 4.42 Å². The lowest BCUT2D eigenvalue weighted by atomic mass is 10.1. The molecule has 0 radical (unpaired) electrons. The van der Waals surface area contributed by atoms with Crippen molar-refractivity contribution in [1.82, 2.24) is 9.88 Å². The summed E-state index contributed by atoms with van der Waals surface area (Å²) >= 11 is 0. The van der Waals surface area contributed by atoms with Crippen LogP contribution in [0, 0.1) is 0 Å². The van der Waals surface area contributed by atoms with Gasteiger partial charge in [-0.3, -0.25) is 9.59 Å². The number of amides is 1. The topological polar surface area (TPSA) is 66.3 Å². The largest absolute Gasteiger partial charge is 0.459 e. The lowest BCUT2D eigenvalue weighted by Crippen LogP contribution is -2.32. The Balaban J connectivity index is 1.69. The van der Waals surface area contributed by atoms with Crippen molar-refractivity contribution in [2.24, 2.45) is 0 Å². The van der Waals surface area contributed by atoms with Gasteiger partial charge in [0.15, 0.2) is 5.76 Å². The van der Waals surface area contributed by atoms with Gasteiger partial charge in [-0.2, -0.15) is 0 Å². The van der Waals surface area contributed by atoms with Crippen molar-refractivity contribution < 1.29 is 9.21 Å². The van der Waals surface area contributed by atoms with Crippen LogP contribution in [0.4, 0.5) is 0 Å². The summed E-state index contributed by atoms with van der Waals surface area (Å²) in [4.78, 5) is 29.9. The van der Waals surface area contributed by atoms with Crippen molar-refractivity contribution in [3.8, 4) is 0 Å². The Labute approximate surface area is 155 Å². The molecule has 1 amide bonds. The average Bonchev–Trinajstić information content (AvgIpc) is 3.23. The SMILES string of the molecule is O=C(c1ccco1)N(Cc1ccccc1)Cc1cc2ccccc2[nH]c1=O. The molecule has 2 heterocycles. The van der Waals surface area contributed by atoms with E-state index in [1.165, 1.54) is 6.26 Å². The number of aromatic amines is 1. The number of hydrogen-bond acceptors (Lipinski definition) is 3. The molecule has 0 aliphatic rings. The van der Waals surface area contributed by atoms with Crippen LogP contribution in [-0.4, -0.2) is 15.8 Å².